The second-order valence-electron chi connectivity index (χ2n) is 7.05. The van der Waals surface area contributed by atoms with Crippen LogP contribution < -0.4 is 9.88 Å². The zero-order valence-electron chi connectivity index (χ0n) is 15.7. The molecule has 28 heavy (non-hydrogen) atoms. The first-order chi connectivity index (χ1) is 13.2. The van der Waals surface area contributed by atoms with Crippen LogP contribution in [-0.2, 0) is 22.6 Å². The molecule has 7 nitrogen and oxygen atoms in total. The number of carboxylic acids is 2. The molecule has 1 aromatic carbocycles. The highest BCUT2D eigenvalue weighted by Crippen LogP contribution is 2.12. The van der Waals surface area contributed by atoms with E-state index in [4.69, 9.17) is 0 Å². The number of aromatic nitrogens is 2. The maximum atomic E-state index is 13.9. The summed E-state index contributed by atoms with van der Waals surface area (Å²) < 4.78 is 28.9. The van der Waals surface area contributed by atoms with Crippen LogP contribution in [0.25, 0.3) is 0 Å². The zero-order chi connectivity index (χ0) is 20.8. The van der Waals surface area contributed by atoms with Gasteiger partial charge in [-0.15, -0.1) is 0 Å². The van der Waals surface area contributed by atoms with Gasteiger partial charge in [0.2, 0.25) is 6.33 Å². The molecule has 0 spiro atoms. The normalized spacial score (nSPS) is 13.5. The molecule has 4 N–H and O–H groups in total. The molecule has 0 aliphatic heterocycles. The average Bonchev–Trinajstić information content (AvgIpc) is 3.03. The second kappa shape index (κ2) is 9.41. The number of aromatic amines is 1. The lowest BCUT2D eigenvalue weighted by Gasteiger charge is -2.21. The van der Waals surface area contributed by atoms with E-state index >= 15 is 0 Å². The Hall–Kier alpha value is -2.81. The van der Waals surface area contributed by atoms with Gasteiger partial charge >= 0.3 is 11.9 Å². The van der Waals surface area contributed by atoms with Crippen molar-refractivity contribution in [1.29, 1.82) is 0 Å². The number of carboxylic acid groups (broad SMARTS) is 2. The summed E-state index contributed by atoms with van der Waals surface area (Å²) >= 11 is 0. The molecule has 1 heterocycles. The van der Waals surface area contributed by atoms with Crippen molar-refractivity contribution < 1.29 is 33.2 Å². The van der Waals surface area contributed by atoms with Crippen LogP contribution in [0, 0.1) is 17.6 Å². The summed E-state index contributed by atoms with van der Waals surface area (Å²) in [4.78, 5) is 25.9. The molecule has 0 saturated carbocycles. The summed E-state index contributed by atoms with van der Waals surface area (Å²) in [7, 11) is 0. The molecular formula is C19H24F2N3O4+. The van der Waals surface area contributed by atoms with E-state index in [-0.39, 0.29) is 30.9 Å². The Kier molecular flexibility index (Phi) is 7.22. The molecule has 2 aromatic rings. The number of H-pyrrole nitrogens is 1. The molecule has 0 bridgehead atoms. The van der Waals surface area contributed by atoms with E-state index in [1.165, 1.54) is 18.5 Å². The minimum atomic E-state index is -1.19. The molecular weight excluding hydrogens is 372 g/mol. The molecule has 0 aliphatic carbocycles. The highest BCUT2D eigenvalue weighted by molar-refractivity contribution is 5.77. The number of halogens is 2. The first kappa shape index (κ1) is 21.5. The van der Waals surface area contributed by atoms with Gasteiger partial charge in [-0.1, -0.05) is 26.0 Å². The molecule has 0 radical (unpaired) electrons. The monoisotopic (exact) mass is 396 g/mol. The quantitative estimate of drug-likeness (QED) is 0.458. The third kappa shape index (κ3) is 5.59. The number of hydrogen-bond donors (Lipinski definition) is 4. The van der Waals surface area contributed by atoms with Crippen molar-refractivity contribution in [3.8, 4) is 0 Å². The second-order valence-corrected chi connectivity index (χ2v) is 7.05. The molecule has 1 unspecified atom stereocenters. The van der Waals surface area contributed by atoms with Crippen molar-refractivity contribution in [2.75, 3.05) is 0 Å². The Bertz CT molecular complexity index is 838. The summed E-state index contributed by atoms with van der Waals surface area (Å²) in [5.74, 6) is -4.17. The van der Waals surface area contributed by atoms with E-state index < -0.39 is 35.7 Å². The number of rotatable bonds is 10. The minimum absolute atomic E-state index is 0.00309. The van der Waals surface area contributed by atoms with E-state index in [9.17, 15) is 28.6 Å². The molecule has 0 fully saturated rings. The van der Waals surface area contributed by atoms with E-state index in [1.54, 1.807) is 10.8 Å². The molecule has 0 saturated heterocycles. The van der Waals surface area contributed by atoms with Crippen LogP contribution in [0.3, 0.4) is 0 Å². The van der Waals surface area contributed by atoms with Crippen LogP contribution in [0.2, 0.25) is 0 Å². The SMILES string of the molecule is CC(C)CC(N[C@@H](Cc1c[nH]c[n+]1Cc1cccc(F)c1F)C(=O)O)C(=O)O. The Morgan fingerprint density at radius 1 is 1.18 bits per heavy atom. The standard InChI is InChI=1S/C19H23F2N3O4/c1-11(2)6-15(18(25)26)23-16(19(27)28)7-13-8-22-10-24(13)9-12-4-3-5-14(20)17(12)21/h3-5,8,10-11,15-16,23H,6-7,9H2,1-2H3,(H2,25,26,27,28)/p+1/t15?,16-/m0/s1. The summed E-state index contributed by atoms with van der Waals surface area (Å²) in [5, 5.41) is 21.5. The Morgan fingerprint density at radius 3 is 2.46 bits per heavy atom. The number of hydrogen-bond acceptors (Lipinski definition) is 3. The Morgan fingerprint density at radius 2 is 1.86 bits per heavy atom. The van der Waals surface area contributed by atoms with Crippen molar-refractivity contribution in [2.45, 2.75) is 45.3 Å². The van der Waals surface area contributed by atoms with E-state index in [0.717, 1.165) is 6.07 Å². The number of benzene rings is 1. The maximum Gasteiger partial charge on any atom is 0.321 e. The Labute approximate surface area is 161 Å². The van der Waals surface area contributed by atoms with E-state index in [0.29, 0.717) is 5.69 Å². The van der Waals surface area contributed by atoms with Crippen LogP contribution in [0.15, 0.2) is 30.7 Å². The fourth-order valence-corrected chi connectivity index (χ4v) is 2.95. The van der Waals surface area contributed by atoms with Gasteiger partial charge in [-0.3, -0.25) is 14.9 Å². The first-order valence-corrected chi connectivity index (χ1v) is 8.88. The minimum Gasteiger partial charge on any atom is -0.480 e. The Balaban J connectivity index is 2.18. The summed E-state index contributed by atoms with van der Waals surface area (Å²) in [5.41, 5.74) is 0.631. The summed E-state index contributed by atoms with van der Waals surface area (Å²) in [6.07, 6.45) is 3.31. The smallest absolute Gasteiger partial charge is 0.321 e. The third-order valence-corrected chi connectivity index (χ3v) is 4.34. The highest BCUT2D eigenvalue weighted by Gasteiger charge is 2.29. The zero-order valence-corrected chi connectivity index (χ0v) is 15.7. The van der Waals surface area contributed by atoms with Crippen LogP contribution in [0.1, 0.15) is 31.5 Å². The van der Waals surface area contributed by atoms with Crippen molar-refractivity contribution in [3.05, 3.63) is 53.6 Å². The van der Waals surface area contributed by atoms with E-state index in [2.05, 4.69) is 10.3 Å². The lowest BCUT2D eigenvalue weighted by molar-refractivity contribution is -0.694. The van der Waals surface area contributed by atoms with Crippen LogP contribution in [0.4, 0.5) is 8.78 Å². The van der Waals surface area contributed by atoms with Crippen molar-refractivity contribution in [3.63, 3.8) is 0 Å². The predicted molar refractivity (Wildman–Crippen MR) is 95.6 cm³/mol. The predicted octanol–water partition coefficient (Wildman–Crippen LogP) is 1.71. The molecule has 152 valence electrons. The fraction of sp³-hybridized carbons (Fsp3) is 0.421. The molecule has 9 heteroatoms. The fourth-order valence-electron chi connectivity index (χ4n) is 2.95. The van der Waals surface area contributed by atoms with Gasteiger partial charge in [-0.2, -0.15) is 0 Å². The van der Waals surface area contributed by atoms with Gasteiger partial charge in [0.25, 0.3) is 0 Å². The van der Waals surface area contributed by atoms with Gasteiger partial charge < -0.3 is 10.2 Å². The van der Waals surface area contributed by atoms with Gasteiger partial charge in [0, 0.05) is 12.0 Å². The number of nitrogens with one attached hydrogen (secondary N) is 2. The van der Waals surface area contributed by atoms with Crippen molar-refractivity contribution in [2.24, 2.45) is 5.92 Å². The molecule has 0 amide bonds. The number of aliphatic carboxylic acids is 2. The molecule has 1 aromatic heterocycles. The van der Waals surface area contributed by atoms with E-state index in [1.807, 2.05) is 13.8 Å². The molecule has 2 atom stereocenters. The third-order valence-electron chi connectivity index (χ3n) is 4.34. The number of imidazole rings is 1. The lowest BCUT2D eigenvalue weighted by Crippen LogP contribution is -2.50. The summed E-state index contributed by atoms with van der Waals surface area (Å²) in [6.45, 7) is 3.70. The van der Waals surface area contributed by atoms with Crippen LogP contribution >= 0.6 is 0 Å². The lowest BCUT2D eigenvalue weighted by atomic mass is 10.0. The van der Waals surface area contributed by atoms with Crippen LogP contribution in [0.5, 0.6) is 0 Å². The van der Waals surface area contributed by atoms with Gasteiger partial charge in [0.15, 0.2) is 11.6 Å². The number of carbonyl (C=O) groups is 2. The van der Waals surface area contributed by atoms with Crippen molar-refractivity contribution in [1.82, 2.24) is 10.3 Å². The van der Waals surface area contributed by atoms with Gasteiger partial charge in [-0.25, -0.2) is 18.3 Å². The maximum absolute atomic E-state index is 13.9. The van der Waals surface area contributed by atoms with Crippen molar-refractivity contribution >= 4 is 11.9 Å². The van der Waals surface area contributed by atoms with Gasteiger partial charge in [-0.05, 0) is 18.4 Å². The summed E-state index contributed by atoms with van der Waals surface area (Å²) in [6, 6.07) is 1.70. The van der Waals surface area contributed by atoms with Gasteiger partial charge in [0.1, 0.15) is 30.5 Å². The molecule has 0 aliphatic rings. The highest BCUT2D eigenvalue weighted by atomic mass is 19.2. The van der Waals surface area contributed by atoms with Gasteiger partial charge in [0.05, 0.1) is 0 Å². The van der Waals surface area contributed by atoms with Crippen LogP contribution in [-0.4, -0.2) is 39.2 Å². The first-order valence-electron chi connectivity index (χ1n) is 8.88. The molecule has 2 rings (SSSR count). The number of nitrogens with zero attached hydrogens (tertiary/aromatic N) is 1. The largest absolute Gasteiger partial charge is 0.480 e. The average molecular weight is 396 g/mol. The topological polar surface area (TPSA) is 106 Å².